The molecule has 1 aromatic carbocycles. The summed E-state index contributed by atoms with van der Waals surface area (Å²) in [4.78, 5) is 0.212. The van der Waals surface area contributed by atoms with Crippen LogP contribution in [0.5, 0.6) is 0 Å². The monoisotopic (exact) mass is 286 g/mol. The first-order valence-corrected chi connectivity index (χ1v) is 7.79. The van der Waals surface area contributed by atoms with E-state index in [9.17, 15) is 8.42 Å². The predicted molar refractivity (Wildman–Crippen MR) is 77.8 cm³/mol. The van der Waals surface area contributed by atoms with Crippen LogP contribution in [-0.2, 0) is 15.8 Å². The molecule has 1 unspecified atom stereocenters. The SMILES string of the molecule is CCC(C)NS(=O)(=O)Cc1ccccc1C(N)=S. The number of rotatable bonds is 6. The van der Waals surface area contributed by atoms with Gasteiger partial charge in [0.15, 0.2) is 0 Å². The van der Waals surface area contributed by atoms with Gasteiger partial charge in [0.2, 0.25) is 10.0 Å². The standard InChI is InChI=1S/C12H18N2O2S2/c1-3-9(2)14-18(15,16)8-10-6-4-5-7-11(10)12(13)17/h4-7,9,14H,3,8H2,1-2H3,(H2,13,17). The molecule has 0 aromatic heterocycles. The van der Waals surface area contributed by atoms with Gasteiger partial charge in [0.05, 0.1) is 5.75 Å². The number of nitrogens with two attached hydrogens (primary N) is 1. The van der Waals surface area contributed by atoms with E-state index in [1.165, 1.54) is 0 Å². The predicted octanol–water partition coefficient (Wildman–Crippen LogP) is 1.54. The number of thiocarbonyl (C=S) groups is 1. The third kappa shape index (κ3) is 4.36. The van der Waals surface area contributed by atoms with Crippen molar-refractivity contribution in [1.82, 2.24) is 4.72 Å². The summed E-state index contributed by atoms with van der Waals surface area (Å²) >= 11 is 4.91. The number of hydrogen-bond acceptors (Lipinski definition) is 3. The largest absolute Gasteiger partial charge is 0.389 e. The quantitative estimate of drug-likeness (QED) is 0.778. The van der Waals surface area contributed by atoms with Gasteiger partial charge >= 0.3 is 0 Å². The van der Waals surface area contributed by atoms with Crippen molar-refractivity contribution in [3.63, 3.8) is 0 Å². The van der Waals surface area contributed by atoms with Crippen LogP contribution in [0.15, 0.2) is 24.3 Å². The molecule has 1 atom stereocenters. The van der Waals surface area contributed by atoms with E-state index < -0.39 is 10.0 Å². The van der Waals surface area contributed by atoms with Gasteiger partial charge in [0, 0.05) is 11.6 Å². The Morgan fingerprint density at radius 1 is 1.44 bits per heavy atom. The van der Waals surface area contributed by atoms with Gasteiger partial charge in [-0.3, -0.25) is 0 Å². The summed E-state index contributed by atoms with van der Waals surface area (Å²) in [6.45, 7) is 3.76. The molecule has 100 valence electrons. The van der Waals surface area contributed by atoms with Gasteiger partial charge in [0.1, 0.15) is 4.99 Å². The van der Waals surface area contributed by atoms with Gasteiger partial charge < -0.3 is 5.73 Å². The summed E-state index contributed by atoms with van der Waals surface area (Å²) < 4.78 is 26.5. The van der Waals surface area contributed by atoms with Crippen molar-refractivity contribution in [3.05, 3.63) is 35.4 Å². The fourth-order valence-corrected chi connectivity index (χ4v) is 3.25. The van der Waals surface area contributed by atoms with E-state index in [1.807, 2.05) is 13.8 Å². The summed E-state index contributed by atoms with van der Waals surface area (Å²) in [6.07, 6.45) is 0.746. The lowest BCUT2D eigenvalue weighted by atomic mass is 10.1. The number of nitrogens with one attached hydrogen (secondary N) is 1. The Balaban J connectivity index is 2.94. The van der Waals surface area contributed by atoms with E-state index in [-0.39, 0.29) is 16.8 Å². The van der Waals surface area contributed by atoms with Gasteiger partial charge in [-0.15, -0.1) is 0 Å². The second-order valence-corrected chi connectivity index (χ2v) is 6.40. The van der Waals surface area contributed by atoms with Gasteiger partial charge in [-0.1, -0.05) is 43.4 Å². The molecule has 0 aliphatic carbocycles. The normalized spacial score (nSPS) is 13.2. The Morgan fingerprint density at radius 3 is 2.61 bits per heavy atom. The zero-order valence-corrected chi connectivity index (χ0v) is 12.1. The van der Waals surface area contributed by atoms with Gasteiger partial charge in [-0.05, 0) is 18.9 Å². The number of benzene rings is 1. The Bertz CT molecular complexity index is 527. The van der Waals surface area contributed by atoms with Crippen molar-refractivity contribution in [1.29, 1.82) is 0 Å². The van der Waals surface area contributed by atoms with Crippen LogP contribution in [0.3, 0.4) is 0 Å². The number of sulfonamides is 1. The lowest BCUT2D eigenvalue weighted by Crippen LogP contribution is -2.33. The Hall–Kier alpha value is -0.980. The first-order valence-electron chi connectivity index (χ1n) is 5.73. The lowest BCUT2D eigenvalue weighted by Gasteiger charge is -2.13. The van der Waals surface area contributed by atoms with Crippen molar-refractivity contribution >= 4 is 27.2 Å². The van der Waals surface area contributed by atoms with Crippen LogP contribution < -0.4 is 10.5 Å². The molecule has 0 bridgehead atoms. The average molecular weight is 286 g/mol. The lowest BCUT2D eigenvalue weighted by molar-refractivity contribution is 0.555. The van der Waals surface area contributed by atoms with Crippen LogP contribution in [0, 0.1) is 0 Å². The second-order valence-electron chi connectivity index (χ2n) is 4.21. The highest BCUT2D eigenvalue weighted by Gasteiger charge is 2.16. The van der Waals surface area contributed by atoms with Crippen LogP contribution >= 0.6 is 12.2 Å². The molecule has 0 fully saturated rings. The molecule has 3 N–H and O–H groups in total. The molecule has 1 aromatic rings. The summed E-state index contributed by atoms with van der Waals surface area (Å²) in [5.41, 5.74) is 6.82. The van der Waals surface area contributed by atoms with Crippen molar-refractivity contribution in [2.45, 2.75) is 32.1 Å². The van der Waals surface area contributed by atoms with Crippen LogP contribution in [0.2, 0.25) is 0 Å². The molecule has 0 radical (unpaired) electrons. The maximum absolute atomic E-state index is 11.9. The molecule has 6 heteroatoms. The van der Waals surface area contributed by atoms with Gasteiger partial charge in [-0.25, -0.2) is 13.1 Å². The maximum Gasteiger partial charge on any atom is 0.216 e. The van der Waals surface area contributed by atoms with Crippen molar-refractivity contribution in [2.75, 3.05) is 0 Å². The minimum absolute atomic E-state index is 0.0769. The van der Waals surface area contributed by atoms with Gasteiger partial charge in [-0.2, -0.15) is 0 Å². The Morgan fingerprint density at radius 2 is 2.06 bits per heavy atom. The van der Waals surface area contributed by atoms with E-state index in [0.29, 0.717) is 11.1 Å². The number of hydrogen-bond donors (Lipinski definition) is 2. The molecule has 1 rings (SSSR count). The smallest absolute Gasteiger partial charge is 0.216 e. The summed E-state index contributed by atoms with van der Waals surface area (Å²) in [6, 6.07) is 6.94. The minimum Gasteiger partial charge on any atom is -0.389 e. The molecule has 18 heavy (non-hydrogen) atoms. The van der Waals surface area contributed by atoms with E-state index >= 15 is 0 Å². The third-order valence-electron chi connectivity index (χ3n) is 2.62. The molecular weight excluding hydrogens is 268 g/mol. The topological polar surface area (TPSA) is 72.2 Å². The minimum atomic E-state index is -3.37. The van der Waals surface area contributed by atoms with E-state index in [1.54, 1.807) is 24.3 Å². The van der Waals surface area contributed by atoms with E-state index in [4.69, 9.17) is 18.0 Å². The van der Waals surface area contributed by atoms with Crippen LogP contribution in [0.25, 0.3) is 0 Å². The van der Waals surface area contributed by atoms with E-state index in [2.05, 4.69) is 4.72 Å². The molecular formula is C12H18N2O2S2. The highest BCUT2D eigenvalue weighted by Crippen LogP contribution is 2.12. The van der Waals surface area contributed by atoms with E-state index in [0.717, 1.165) is 6.42 Å². The second kappa shape index (κ2) is 6.26. The molecule has 0 saturated heterocycles. The molecule has 0 aliphatic heterocycles. The molecule has 0 aliphatic rings. The summed E-state index contributed by atoms with van der Waals surface area (Å²) in [5.74, 6) is -0.106. The molecule has 4 nitrogen and oxygen atoms in total. The zero-order valence-electron chi connectivity index (χ0n) is 10.5. The highest BCUT2D eigenvalue weighted by atomic mass is 32.2. The Kier molecular flexibility index (Phi) is 5.25. The third-order valence-corrected chi connectivity index (χ3v) is 4.29. The fraction of sp³-hybridized carbons (Fsp3) is 0.417. The molecule has 0 amide bonds. The average Bonchev–Trinajstić information content (AvgIpc) is 2.28. The van der Waals surface area contributed by atoms with Crippen LogP contribution in [0.4, 0.5) is 0 Å². The first-order chi connectivity index (χ1) is 8.35. The van der Waals surface area contributed by atoms with Crippen molar-refractivity contribution in [3.8, 4) is 0 Å². The fourth-order valence-electron chi connectivity index (χ4n) is 1.52. The van der Waals surface area contributed by atoms with Crippen LogP contribution in [-0.4, -0.2) is 19.4 Å². The van der Waals surface area contributed by atoms with Crippen molar-refractivity contribution < 1.29 is 8.42 Å². The summed E-state index contributed by atoms with van der Waals surface area (Å²) in [5, 5.41) is 0. The zero-order chi connectivity index (χ0) is 13.8. The molecule has 0 heterocycles. The highest BCUT2D eigenvalue weighted by molar-refractivity contribution is 7.88. The van der Waals surface area contributed by atoms with Crippen molar-refractivity contribution in [2.24, 2.45) is 5.73 Å². The Labute approximate surface area is 114 Å². The maximum atomic E-state index is 11.9. The summed E-state index contributed by atoms with van der Waals surface area (Å²) in [7, 11) is -3.37. The van der Waals surface area contributed by atoms with Gasteiger partial charge in [0.25, 0.3) is 0 Å². The van der Waals surface area contributed by atoms with Crippen LogP contribution in [0.1, 0.15) is 31.4 Å². The first kappa shape index (κ1) is 15.1. The molecule has 0 spiro atoms. The molecule has 0 saturated carbocycles.